The van der Waals surface area contributed by atoms with Crippen molar-refractivity contribution in [3.8, 4) is 22.8 Å². The standard InChI is InChI=1S/C31H30NO/c1-18-11-12-20-16-21-13-14-32(6)28-26-19(2)22-9-7-8-10-23(22)25(17-31(3,4)5)30(26)33-29(27(21)28)24(20)15-18/h7-16H,17H2,1-6H3/q+1. The van der Waals surface area contributed by atoms with E-state index in [1.54, 1.807) is 0 Å². The molecule has 1 aromatic heterocycles. The molecule has 4 aromatic carbocycles. The number of ether oxygens (including phenoxy) is 1. The summed E-state index contributed by atoms with van der Waals surface area (Å²) in [5.74, 6) is 2.03. The first kappa shape index (κ1) is 20.2. The minimum atomic E-state index is 0.138. The van der Waals surface area contributed by atoms with Gasteiger partial charge in [-0.25, -0.2) is 4.57 Å². The maximum absolute atomic E-state index is 7.03. The summed E-state index contributed by atoms with van der Waals surface area (Å²) in [5.41, 5.74) is 6.48. The molecular formula is C31H30NO+. The van der Waals surface area contributed by atoms with Crippen molar-refractivity contribution in [3.63, 3.8) is 0 Å². The Bertz CT molecular complexity index is 1620. The largest absolute Gasteiger partial charge is 0.455 e. The second-order valence-electron chi connectivity index (χ2n) is 10.9. The van der Waals surface area contributed by atoms with Gasteiger partial charge in [0.15, 0.2) is 6.20 Å². The van der Waals surface area contributed by atoms with E-state index >= 15 is 0 Å². The number of hydrogen-bond donors (Lipinski definition) is 0. The Morgan fingerprint density at radius 2 is 1.58 bits per heavy atom. The molecule has 0 radical (unpaired) electrons. The van der Waals surface area contributed by atoms with Crippen LogP contribution in [-0.2, 0) is 13.5 Å². The van der Waals surface area contributed by atoms with E-state index in [1.807, 2.05) is 0 Å². The van der Waals surface area contributed by atoms with Crippen LogP contribution in [0, 0.1) is 19.3 Å². The molecule has 5 aromatic rings. The van der Waals surface area contributed by atoms with Crippen LogP contribution in [0.2, 0.25) is 0 Å². The lowest BCUT2D eigenvalue weighted by atomic mass is 9.81. The fourth-order valence-corrected chi connectivity index (χ4v) is 5.58. The fraction of sp³-hybridized carbons (Fsp3) is 0.258. The number of benzene rings is 4. The predicted molar refractivity (Wildman–Crippen MR) is 138 cm³/mol. The molecule has 0 spiro atoms. The average Bonchev–Trinajstić information content (AvgIpc) is 2.78. The fourth-order valence-electron chi connectivity index (χ4n) is 5.58. The molecule has 2 heterocycles. The third kappa shape index (κ3) is 2.97. The molecule has 0 bridgehead atoms. The van der Waals surface area contributed by atoms with Gasteiger partial charge < -0.3 is 4.74 Å². The van der Waals surface area contributed by atoms with Crippen LogP contribution >= 0.6 is 0 Å². The van der Waals surface area contributed by atoms with Gasteiger partial charge >= 0.3 is 0 Å². The second kappa shape index (κ2) is 6.81. The summed E-state index contributed by atoms with van der Waals surface area (Å²) in [6.45, 7) is 11.3. The van der Waals surface area contributed by atoms with Gasteiger partial charge in [0.1, 0.15) is 18.5 Å². The van der Waals surface area contributed by atoms with Crippen molar-refractivity contribution in [2.75, 3.05) is 0 Å². The zero-order valence-corrected chi connectivity index (χ0v) is 20.3. The zero-order valence-electron chi connectivity index (χ0n) is 20.3. The monoisotopic (exact) mass is 432 g/mol. The minimum absolute atomic E-state index is 0.138. The molecule has 2 nitrogen and oxygen atoms in total. The van der Waals surface area contributed by atoms with Gasteiger partial charge in [-0.1, -0.05) is 62.7 Å². The van der Waals surface area contributed by atoms with Gasteiger partial charge in [0.05, 0.1) is 10.9 Å². The average molecular weight is 433 g/mol. The van der Waals surface area contributed by atoms with Crippen LogP contribution in [0.25, 0.3) is 43.6 Å². The maximum atomic E-state index is 7.03. The molecule has 164 valence electrons. The Kier molecular flexibility index (Phi) is 4.17. The Morgan fingerprint density at radius 1 is 0.818 bits per heavy atom. The van der Waals surface area contributed by atoms with E-state index in [-0.39, 0.29) is 5.41 Å². The van der Waals surface area contributed by atoms with Crippen LogP contribution in [-0.4, -0.2) is 0 Å². The Labute approximate surface area is 195 Å². The first-order valence-corrected chi connectivity index (χ1v) is 11.8. The number of hydrogen-bond acceptors (Lipinski definition) is 1. The van der Waals surface area contributed by atoms with Crippen LogP contribution in [0.5, 0.6) is 11.5 Å². The molecule has 6 rings (SSSR count). The molecule has 0 aliphatic carbocycles. The second-order valence-corrected chi connectivity index (χ2v) is 10.9. The van der Waals surface area contributed by atoms with Crippen molar-refractivity contribution in [2.24, 2.45) is 12.5 Å². The quantitative estimate of drug-likeness (QED) is 0.190. The van der Waals surface area contributed by atoms with E-state index in [0.29, 0.717) is 0 Å². The van der Waals surface area contributed by atoms with E-state index in [9.17, 15) is 0 Å². The van der Waals surface area contributed by atoms with Crippen molar-refractivity contribution in [1.29, 1.82) is 0 Å². The van der Waals surface area contributed by atoms with Gasteiger partial charge in [0.25, 0.3) is 0 Å². The number of fused-ring (bicyclic) bond motifs is 5. The van der Waals surface area contributed by atoms with Crippen molar-refractivity contribution >= 4 is 32.3 Å². The van der Waals surface area contributed by atoms with Gasteiger partial charge in [-0.3, -0.25) is 0 Å². The lowest BCUT2D eigenvalue weighted by molar-refractivity contribution is -0.659. The summed E-state index contributed by atoms with van der Waals surface area (Å²) >= 11 is 0. The van der Waals surface area contributed by atoms with E-state index in [0.717, 1.165) is 17.9 Å². The van der Waals surface area contributed by atoms with Crippen molar-refractivity contribution < 1.29 is 9.30 Å². The first-order valence-electron chi connectivity index (χ1n) is 11.8. The molecule has 0 unspecified atom stereocenters. The summed E-state index contributed by atoms with van der Waals surface area (Å²) in [6.07, 6.45) is 3.14. The highest BCUT2D eigenvalue weighted by Crippen LogP contribution is 2.53. The number of pyridine rings is 1. The molecule has 1 aliphatic rings. The lowest BCUT2D eigenvalue weighted by Crippen LogP contribution is -2.32. The zero-order chi connectivity index (χ0) is 23.1. The van der Waals surface area contributed by atoms with E-state index in [1.165, 1.54) is 60.3 Å². The summed E-state index contributed by atoms with van der Waals surface area (Å²) in [6, 6.07) is 20.0. The molecule has 0 atom stereocenters. The third-order valence-corrected chi connectivity index (χ3v) is 7.03. The van der Waals surface area contributed by atoms with E-state index in [4.69, 9.17) is 4.74 Å². The summed E-state index contributed by atoms with van der Waals surface area (Å²) < 4.78 is 9.30. The topological polar surface area (TPSA) is 13.1 Å². The summed E-state index contributed by atoms with van der Waals surface area (Å²) in [7, 11) is 2.16. The third-order valence-electron chi connectivity index (χ3n) is 7.03. The van der Waals surface area contributed by atoms with Crippen LogP contribution in [0.3, 0.4) is 0 Å². The number of aromatic nitrogens is 1. The van der Waals surface area contributed by atoms with Crippen molar-refractivity contribution in [3.05, 3.63) is 77.5 Å². The van der Waals surface area contributed by atoms with Crippen LogP contribution in [0.1, 0.15) is 37.5 Å². The number of rotatable bonds is 1. The molecule has 33 heavy (non-hydrogen) atoms. The van der Waals surface area contributed by atoms with Gasteiger partial charge in [0.2, 0.25) is 5.69 Å². The highest BCUT2D eigenvalue weighted by Gasteiger charge is 2.34. The number of aryl methyl sites for hydroxylation is 3. The molecule has 0 amide bonds. The normalized spacial score (nSPS) is 12.9. The van der Waals surface area contributed by atoms with Gasteiger partial charge in [-0.15, -0.1) is 0 Å². The van der Waals surface area contributed by atoms with Crippen molar-refractivity contribution in [1.82, 2.24) is 0 Å². The maximum Gasteiger partial charge on any atom is 0.228 e. The molecule has 0 fully saturated rings. The van der Waals surface area contributed by atoms with Gasteiger partial charge in [-0.2, -0.15) is 0 Å². The Morgan fingerprint density at radius 3 is 2.33 bits per heavy atom. The smallest absolute Gasteiger partial charge is 0.228 e. The lowest BCUT2D eigenvalue weighted by Gasteiger charge is -2.28. The molecule has 2 heteroatoms. The van der Waals surface area contributed by atoms with Crippen LogP contribution < -0.4 is 9.30 Å². The van der Waals surface area contributed by atoms with Crippen LogP contribution in [0.15, 0.2) is 60.8 Å². The van der Waals surface area contributed by atoms with E-state index in [2.05, 4.69) is 107 Å². The summed E-state index contributed by atoms with van der Waals surface area (Å²) in [5, 5.41) is 7.47. The molecule has 0 N–H and O–H groups in total. The molecule has 1 aliphatic heterocycles. The van der Waals surface area contributed by atoms with Crippen molar-refractivity contribution in [2.45, 2.75) is 41.0 Å². The predicted octanol–water partition coefficient (Wildman–Crippen LogP) is 7.95. The first-order chi connectivity index (χ1) is 15.7. The SMILES string of the molecule is Cc1ccc2cc3cc[n+](C)c4c3c(c2c1)Oc1c-4c(C)c2ccccc2c1CC(C)(C)C. The Balaban J connectivity index is 1.84. The molecular weight excluding hydrogens is 402 g/mol. The van der Waals surface area contributed by atoms with Gasteiger partial charge in [-0.05, 0) is 64.9 Å². The highest BCUT2D eigenvalue weighted by atomic mass is 16.5. The van der Waals surface area contributed by atoms with E-state index < -0.39 is 0 Å². The Hall–Kier alpha value is -3.39. The summed E-state index contributed by atoms with van der Waals surface area (Å²) in [4.78, 5) is 0. The van der Waals surface area contributed by atoms with Gasteiger partial charge in [0, 0.05) is 17.0 Å². The highest BCUT2D eigenvalue weighted by molar-refractivity contribution is 6.13. The minimum Gasteiger partial charge on any atom is -0.455 e. The molecule has 0 saturated heterocycles. The number of nitrogens with zero attached hydrogens (tertiary/aromatic N) is 1. The van der Waals surface area contributed by atoms with Crippen LogP contribution in [0.4, 0.5) is 0 Å². The molecule has 0 saturated carbocycles.